The molecule has 0 saturated carbocycles. The summed E-state index contributed by atoms with van der Waals surface area (Å²) < 4.78 is 0. The van der Waals surface area contributed by atoms with Crippen LogP contribution in [0.1, 0.15) is 13.3 Å². The van der Waals surface area contributed by atoms with Crippen molar-refractivity contribution >= 4 is 5.71 Å². The van der Waals surface area contributed by atoms with E-state index in [0.29, 0.717) is 12.5 Å². The second-order valence-electron chi connectivity index (χ2n) is 3.46. The molecule has 68 valence electrons. The van der Waals surface area contributed by atoms with Crippen LogP contribution < -0.4 is 5.73 Å². The third kappa shape index (κ3) is 1.38. The van der Waals surface area contributed by atoms with E-state index >= 15 is 0 Å². The fraction of sp³-hybridized carbons (Fsp3) is 0.364. The van der Waals surface area contributed by atoms with Crippen molar-refractivity contribution in [3.63, 3.8) is 0 Å². The minimum atomic E-state index is 0.450. The molecule has 0 saturated heterocycles. The van der Waals surface area contributed by atoms with Crippen molar-refractivity contribution in [2.75, 3.05) is 6.54 Å². The van der Waals surface area contributed by atoms with E-state index < -0.39 is 0 Å². The second kappa shape index (κ2) is 3.30. The van der Waals surface area contributed by atoms with Gasteiger partial charge in [-0.1, -0.05) is 25.2 Å². The minimum absolute atomic E-state index is 0.450. The van der Waals surface area contributed by atoms with E-state index in [1.807, 2.05) is 6.20 Å². The molecule has 0 spiro atoms. The molecule has 0 radical (unpaired) electrons. The lowest BCUT2D eigenvalue weighted by molar-refractivity contribution is 0.955. The lowest BCUT2D eigenvalue weighted by atomic mass is 9.89. The summed E-state index contributed by atoms with van der Waals surface area (Å²) in [6, 6.07) is 0. The molecule has 0 aromatic rings. The summed E-state index contributed by atoms with van der Waals surface area (Å²) in [6.07, 6.45) is 9.29. The highest BCUT2D eigenvalue weighted by atomic mass is 14.8. The number of hydrogen-bond acceptors (Lipinski definition) is 2. The highest BCUT2D eigenvalue weighted by Gasteiger charge is 2.21. The molecular weight excluding hydrogens is 160 g/mol. The maximum Gasteiger partial charge on any atom is 0.0545 e. The van der Waals surface area contributed by atoms with Crippen molar-refractivity contribution in [1.29, 1.82) is 0 Å². The average molecular weight is 174 g/mol. The van der Waals surface area contributed by atoms with Crippen molar-refractivity contribution in [3.05, 3.63) is 35.6 Å². The second-order valence-corrected chi connectivity index (χ2v) is 3.46. The zero-order valence-corrected chi connectivity index (χ0v) is 7.83. The SMILES string of the molecule is CC1C=CC=C2C(CCN)=CN=C21. The van der Waals surface area contributed by atoms with Gasteiger partial charge in [0, 0.05) is 17.7 Å². The lowest BCUT2D eigenvalue weighted by Crippen LogP contribution is -2.13. The zero-order chi connectivity index (χ0) is 9.26. The topological polar surface area (TPSA) is 38.4 Å². The van der Waals surface area contributed by atoms with Gasteiger partial charge < -0.3 is 5.73 Å². The Bertz CT molecular complexity index is 332. The first-order chi connectivity index (χ1) is 6.33. The van der Waals surface area contributed by atoms with Crippen LogP contribution in [0.5, 0.6) is 0 Å². The van der Waals surface area contributed by atoms with Crippen molar-refractivity contribution in [3.8, 4) is 0 Å². The van der Waals surface area contributed by atoms with Crippen LogP contribution in [0, 0.1) is 5.92 Å². The smallest absolute Gasteiger partial charge is 0.0545 e. The monoisotopic (exact) mass is 174 g/mol. The average Bonchev–Trinajstić information content (AvgIpc) is 2.51. The largest absolute Gasteiger partial charge is 0.330 e. The summed E-state index contributed by atoms with van der Waals surface area (Å²) in [5, 5.41) is 0. The molecule has 2 N–H and O–H groups in total. The van der Waals surface area contributed by atoms with Gasteiger partial charge in [-0.05, 0) is 18.5 Å². The van der Waals surface area contributed by atoms with Crippen LogP contribution >= 0.6 is 0 Å². The van der Waals surface area contributed by atoms with E-state index in [1.54, 1.807) is 0 Å². The fourth-order valence-corrected chi connectivity index (χ4v) is 1.77. The number of nitrogens with two attached hydrogens (primary N) is 1. The maximum absolute atomic E-state index is 5.53. The summed E-state index contributed by atoms with van der Waals surface area (Å²) in [5.74, 6) is 0.450. The number of hydrogen-bond donors (Lipinski definition) is 1. The first kappa shape index (κ1) is 8.45. The third-order valence-corrected chi connectivity index (χ3v) is 2.49. The van der Waals surface area contributed by atoms with Crippen LogP contribution in [-0.4, -0.2) is 12.3 Å². The zero-order valence-electron chi connectivity index (χ0n) is 7.83. The van der Waals surface area contributed by atoms with E-state index in [4.69, 9.17) is 5.73 Å². The highest BCUT2D eigenvalue weighted by molar-refractivity contribution is 6.09. The Balaban J connectivity index is 2.25. The summed E-state index contributed by atoms with van der Waals surface area (Å²) >= 11 is 0. The van der Waals surface area contributed by atoms with E-state index in [0.717, 1.165) is 6.42 Å². The molecule has 0 aromatic heterocycles. The highest BCUT2D eigenvalue weighted by Crippen LogP contribution is 2.28. The van der Waals surface area contributed by atoms with Gasteiger partial charge in [0.1, 0.15) is 0 Å². The quantitative estimate of drug-likeness (QED) is 0.681. The lowest BCUT2D eigenvalue weighted by Gasteiger charge is -2.14. The normalized spacial score (nSPS) is 25.1. The van der Waals surface area contributed by atoms with E-state index in [-0.39, 0.29) is 0 Å². The predicted octanol–water partition coefficient (Wildman–Crippen LogP) is 1.81. The molecule has 2 heteroatoms. The van der Waals surface area contributed by atoms with Gasteiger partial charge in [0.2, 0.25) is 0 Å². The Kier molecular flexibility index (Phi) is 2.15. The molecule has 1 aliphatic carbocycles. The van der Waals surface area contributed by atoms with Gasteiger partial charge in [-0.3, -0.25) is 4.99 Å². The summed E-state index contributed by atoms with van der Waals surface area (Å²) in [5.41, 5.74) is 9.31. The van der Waals surface area contributed by atoms with Crippen LogP contribution in [-0.2, 0) is 0 Å². The van der Waals surface area contributed by atoms with Gasteiger partial charge >= 0.3 is 0 Å². The van der Waals surface area contributed by atoms with Gasteiger partial charge in [0.25, 0.3) is 0 Å². The summed E-state index contributed by atoms with van der Waals surface area (Å²) in [4.78, 5) is 4.42. The molecule has 2 nitrogen and oxygen atoms in total. The molecule has 1 unspecified atom stereocenters. The Morgan fingerprint density at radius 2 is 2.38 bits per heavy atom. The van der Waals surface area contributed by atoms with Gasteiger partial charge in [-0.2, -0.15) is 0 Å². The van der Waals surface area contributed by atoms with Gasteiger partial charge in [0.05, 0.1) is 5.71 Å². The standard InChI is InChI=1S/C11H14N2/c1-8-3-2-4-10-9(5-6-12)7-13-11(8)10/h2-4,7-8H,5-6,12H2,1H3. The number of aliphatic imine (C=N–C) groups is 1. The van der Waals surface area contributed by atoms with Crippen LogP contribution in [0.3, 0.4) is 0 Å². The van der Waals surface area contributed by atoms with Crippen LogP contribution in [0.4, 0.5) is 0 Å². The fourth-order valence-electron chi connectivity index (χ4n) is 1.77. The predicted molar refractivity (Wildman–Crippen MR) is 55.6 cm³/mol. The van der Waals surface area contributed by atoms with Crippen LogP contribution in [0.15, 0.2) is 40.6 Å². The molecule has 1 aliphatic heterocycles. The molecule has 2 aliphatic rings. The van der Waals surface area contributed by atoms with E-state index in [1.165, 1.54) is 16.9 Å². The summed E-state index contributed by atoms with van der Waals surface area (Å²) in [6.45, 7) is 2.87. The molecule has 13 heavy (non-hydrogen) atoms. The molecular formula is C11H14N2. The molecule has 0 amide bonds. The Hall–Kier alpha value is -1.15. The van der Waals surface area contributed by atoms with Gasteiger partial charge in [-0.15, -0.1) is 0 Å². The molecule has 1 heterocycles. The minimum Gasteiger partial charge on any atom is -0.330 e. The summed E-state index contributed by atoms with van der Waals surface area (Å²) in [7, 11) is 0. The van der Waals surface area contributed by atoms with Gasteiger partial charge in [-0.25, -0.2) is 0 Å². The molecule has 0 bridgehead atoms. The Morgan fingerprint density at radius 1 is 1.54 bits per heavy atom. The first-order valence-electron chi connectivity index (χ1n) is 4.69. The first-order valence-corrected chi connectivity index (χ1v) is 4.69. The molecule has 0 aromatic carbocycles. The molecule has 0 fully saturated rings. The Labute approximate surface area is 78.5 Å². The maximum atomic E-state index is 5.53. The van der Waals surface area contributed by atoms with Crippen molar-refractivity contribution < 1.29 is 0 Å². The van der Waals surface area contributed by atoms with Crippen LogP contribution in [0.2, 0.25) is 0 Å². The number of rotatable bonds is 2. The number of nitrogens with zero attached hydrogens (tertiary/aromatic N) is 1. The van der Waals surface area contributed by atoms with Crippen molar-refractivity contribution in [1.82, 2.24) is 0 Å². The molecule has 1 atom stereocenters. The number of fused-ring (bicyclic) bond motifs is 1. The van der Waals surface area contributed by atoms with Crippen molar-refractivity contribution in [2.45, 2.75) is 13.3 Å². The van der Waals surface area contributed by atoms with Crippen molar-refractivity contribution in [2.24, 2.45) is 16.6 Å². The van der Waals surface area contributed by atoms with Gasteiger partial charge in [0.15, 0.2) is 0 Å². The number of allylic oxidation sites excluding steroid dienone is 4. The van der Waals surface area contributed by atoms with E-state index in [9.17, 15) is 0 Å². The third-order valence-electron chi connectivity index (χ3n) is 2.49. The Morgan fingerprint density at radius 3 is 3.15 bits per heavy atom. The van der Waals surface area contributed by atoms with Crippen LogP contribution in [0.25, 0.3) is 0 Å². The van der Waals surface area contributed by atoms with E-state index in [2.05, 4.69) is 30.1 Å². The molecule has 2 rings (SSSR count).